The van der Waals surface area contributed by atoms with Gasteiger partial charge in [-0.2, -0.15) is 0 Å². The maximum absolute atomic E-state index is 8.44. The van der Waals surface area contributed by atoms with Gasteiger partial charge in [-0.1, -0.05) is 144 Å². The molecule has 61 heavy (non-hydrogen) atoms. The van der Waals surface area contributed by atoms with Gasteiger partial charge in [0.25, 0.3) is 0 Å². The molecule has 0 N–H and O–H groups in total. The molecule has 0 saturated heterocycles. The summed E-state index contributed by atoms with van der Waals surface area (Å²) in [7, 11) is -1.50. The predicted molar refractivity (Wildman–Crippen MR) is 257 cm³/mol. The third kappa shape index (κ3) is 8.86. The van der Waals surface area contributed by atoms with E-state index in [0.29, 0.717) is 17.4 Å². The van der Waals surface area contributed by atoms with Crippen LogP contribution in [-0.2, 0) is 20.1 Å². The molecule has 9 aromatic rings. The van der Waals surface area contributed by atoms with Crippen molar-refractivity contribution in [2.45, 2.75) is 85.8 Å². The first kappa shape index (κ1) is 38.5. The Bertz CT molecular complexity index is 3100. The quantitative estimate of drug-likeness (QED) is 0.113. The first-order valence-corrected chi connectivity index (χ1v) is 24.4. The molecule has 0 spiro atoms. The molecular weight excluding hydrogens is 939 g/mol. The second-order valence-corrected chi connectivity index (χ2v) is 22.5. The Hall–Kier alpha value is -5.39. The van der Waals surface area contributed by atoms with Gasteiger partial charge in [-0.25, -0.2) is 0 Å². The fourth-order valence-corrected chi connectivity index (χ4v) is 9.64. The minimum absolute atomic E-state index is 0. The van der Waals surface area contributed by atoms with Crippen LogP contribution in [0.4, 0.5) is 0 Å². The molecule has 311 valence electrons. The number of hydrogen-bond acceptors (Lipinski definition) is 3. The molecule has 0 aliphatic carbocycles. The van der Waals surface area contributed by atoms with Gasteiger partial charge in [-0.3, -0.25) is 4.98 Å². The molecule has 0 aliphatic heterocycles. The minimum Gasteiger partial charge on any atom is -0.500 e. The van der Waals surface area contributed by atoms with E-state index >= 15 is 0 Å². The molecule has 0 saturated carbocycles. The first-order chi connectivity index (χ1) is 30.3. The molecule has 4 nitrogen and oxygen atoms in total. The van der Waals surface area contributed by atoms with Crippen molar-refractivity contribution >= 4 is 46.2 Å². The van der Waals surface area contributed by atoms with E-state index in [2.05, 4.69) is 124 Å². The molecule has 0 amide bonds. The number of imidazole rings is 1. The zero-order chi connectivity index (χ0) is 45.7. The zero-order valence-electron chi connectivity index (χ0n) is 40.4. The zero-order valence-corrected chi connectivity index (χ0v) is 39.8. The van der Waals surface area contributed by atoms with E-state index in [1.807, 2.05) is 80.7 Å². The van der Waals surface area contributed by atoms with Crippen molar-refractivity contribution in [2.75, 3.05) is 0 Å². The second kappa shape index (κ2) is 17.9. The van der Waals surface area contributed by atoms with Crippen molar-refractivity contribution < 1.29 is 30.0 Å². The standard InChI is InChI=1S/C38H33N2O.C17H22NSi.Ir/c1-23(2)29-9-8-10-30(24(3)4)37(29)40-34-12-7-6-11-33(34)39-38(40)28-18-20-36-32(22-28)31-21-27(17-19-35(31)41-36)26-15-13-25(5)14-16-26;1-13(2)15-11-16(14-9-7-6-8-10-14)18-12-17(15)19(3,4)5;/h6-17,19-24H,1-5H3;6-9,11-13H,1-5H3;/q2*-1;/i5D3;13D;. The molecular formula is C55H55IrN3OSi-2. The number of furan rings is 1. The van der Waals surface area contributed by atoms with Crippen molar-refractivity contribution in [3.05, 3.63) is 168 Å². The molecule has 1 radical (unpaired) electrons. The summed E-state index contributed by atoms with van der Waals surface area (Å²) >= 11 is 0. The Kier molecular flexibility index (Phi) is 11.3. The first-order valence-electron chi connectivity index (χ1n) is 22.9. The van der Waals surface area contributed by atoms with Crippen LogP contribution in [0.1, 0.15) is 87.0 Å². The fraction of sp³-hybridized carbons (Fsp3) is 0.236. The summed E-state index contributed by atoms with van der Waals surface area (Å²) < 4.78 is 40.1. The molecule has 3 aromatic heterocycles. The van der Waals surface area contributed by atoms with Gasteiger partial charge in [0, 0.05) is 42.9 Å². The van der Waals surface area contributed by atoms with E-state index in [4.69, 9.17) is 14.9 Å². The number of pyridine rings is 1. The van der Waals surface area contributed by atoms with E-state index in [1.54, 1.807) is 12.1 Å². The van der Waals surface area contributed by atoms with Gasteiger partial charge in [0.1, 0.15) is 5.58 Å². The molecule has 0 aliphatic rings. The molecule has 0 atom stereocenters. The summed E-state index contributed by atoms with van der Waals surface area (Å²) in [6, 6.07) is 48.8. The third-order valence-electron chi connectivity index (χ3n) is 11.2. The van der Waals surface area contributed by atoms with Crippen LogP contribution in [0, 0.1) is 19.0 Å². The van der Waals surface area contributed by atoms with E-state index in [9.17, 15) is 0 Å². The van der Waals surface area contributed by atoms with Gasteiger partial charge < -0.3 is 14.0 Å². The molecule has 6 aromatic carbocycles. The van der Waals surface area contributed by atoms with Crippen LogP contribution in [0.15, 0.2) is 138 Å². The summed E-state index contributed by atoms with van der Waals surface area (Å²) in [6.07, 6.45) is 1.98. The van der Waals surface area contributed by atoms with Gasteiger partial charge in [0.15, 0.2) is 0 Å². The number of nitrogens with zero attached hydrogens (tertiary/aromatic N) is 3. The Morgan fingerprint density at radius 1 is 0.689 bits per heavy atom. The number of aromatic nitrogens is 3. The monoisotopic (exact) mass is 998 g/mol. The number of fused-ring (bicyclic) bond motifs is 4. The normalized spacial score (nSPS) is 13.1. The number of rotatable bonds is 8. The molecule has 9 rings (SSSR count). The summed E-state index contributed by atoms with van der Waals surface area (Å²) in [4.78, 5) is 9.79. The number of hydrogen-bond donors (Lipinski definition) is 0. The molecule has 0 fully saturated rings. The minimum atomic E-state index is -2.13. The Balaban J connectivity index is 0.000000253. The predicted octanol–water partition coefficient (Wildman–Crippen LogP) is 14.8. The number of para-hydroxylation sites is 3. The van der Waals surface area contributed by atoms with E-state index in [1.165, 1.54) is 22.0 Å². The van der Waals surface area contributed by atoms with Crippen LogP contribution < -0.4 is 5.19 Å². The van der Waals surface area contributed by atoms with Crippen LogP contribution >= 0.6 is 0 Å². The Labute approximate surface area is 382 Å². The smallest absolute Gasteiger partial charge is 0.121 e. The average Bonchev–Trinajstić information content (AvgIpc) is 3.83. The second-order valence-electron chi connectivity index (χ2n) is 17.5. The van der Waals surface area contributed by atoms with Gasteiger partial charge in [-0.15, -0.1) is 59.7 Å². The SMILES string of the molecule is [2H]C(C)(C)c1cc(-c2[c-]cccc2)ncc1[Si](C)(C)C.[2H]C([2H])([2H])c1ccc(-c2ccc3oc4c[c-]c(-c5nc6ccccc6n5-c5c(C(C)C)cccc5C(C)C)cc4c3c2)cc1.[Ir]. The van der Waals surface area contributed by atoms with Crippen LogP contribution in [0.25, 0.3) is 72.4 Å². The third-order valence-corrected chi connectivity index (χ3v) is 13.2. The maximum Gasteiger partial charge on any atom is 0.121 e. The van der Waals surface area contributed by atoms with Gasteiger partial charge in [0.2, 0.25) is 0 Å². The maximum atomic E-state index is 8.44. The van der Waals surface area contributed by atoms with E-state index < -0.39 is 20.8 Å². The van der Waals surface area contributed by atoms with Crippen molar-refractivity contribution in [2.24, 2.45) is 0 Å². The van der Waals surface area contributed by atoms with Crippen molar-refractivity contribution in [1.29, 1.82) is 0 Å². The number of aryl methyl sites for hydroxylation is 1. The summed E-state index contributed by atoms with van der Waals surface area (Å²) in [5, 5.41) is 3.24. The molecule has 3 heterocycles. The average molecular weight is 998 g/mol. The summed E-state index contributed by atoms with van der Waals surface area (Å²) in [5.74, 6) is 0.888. The van der Waals surface area contributed by atoms with Gasteiger partial charge >= 0.3 is 0 Å². The van der Waals surface area contributed by atoms with Crippen molar-refractivity contribution in [3.8, 4) is 39.5 Å². The van der Waals surface area contributed by atoms with Crippen LogP contribution in [0.5, 0.6) is 0 Å². The van der Waals surface area contributed by atoms with Crippen LogP contribution in [0.3, 0.4) is 0 Å². The fourth-order valence-electron chi connectivity index (χ4n) is 8.06. The van der Waals surface area contributed by atoms with Crippen molar-refractivity contribution in [1.82, 2.24) is 14.5 Å². The Morgan fingerprint density at radius 2 is 1.38 bits per heavy atom. The number of benzene rings is 6. The van der Waals surface area contributed by atoms with Crippen LogP contribution in [-0.4, -0.2) is 22.6 Å². The van der Waals surface area contributed by atoms with Gasteiger partial charge in [-0.05, 0) is 82.0 Å². The van der Waals surface area contributed by atoms with Crippen molar-refractivity contribution in [3.63, 3.8) is 0 Å². The van der Waals surface area contributed by atoms with Gasteiger partial charge in [0.05, 0.1) is 30.5 Å². The van der Waals surface area contributed by atoms with Crippen LogP contribution in [0.2, 0.25) is 19.6 Å². The molecule has 6 heteroatoms. The summed E-state index contributed by atoms with van der Waals surface area (Å²) in [5.41, 5.74) is 13.4. The Morgan fingerprint density at radius 3 is 2.03 bits per heavy atom. The largest absolute Gasteiger partial charge is 0.500 e. The summed E-state index contributed by atoms with van der Waals surface area (Å²) in [6.45, 7) is 17.6. The molecule has 0 unspecified atom stereocenters. The van der Waals surface area contributed by atoms with E-state index in [0.717, 1.165) is 72.3 Å². The topological polar surface area (TPSA) is 43.9 Å². The molecule has 0 bridgehead atoms. The van der Waals surface area contributed by atoms with E-state index in [-0.39, 0.29) is 20.1 Å².